The summed E-state index contributed by atoms with van der Waals surface area (Å²) in [5.74, 6) is 0.849. The monoisotopic (exact) mass is 400 g/mol. The van der Waals surface area contributed by atoms with Crippen molar-refractivity contribution in [2.45, 2.75) is 52.1 Å². The van der Waals surface area contributed by atoms with Crippen molar-refractivity contribution < 1.29 is 4.79 Å². The second kappa shape index (κ2) is 11.0. The lowest BCUT2D eigenvalue weighted by atomic mass is 10.2. The topological polar surface area (TPSA) is 72.0 Å². The lowest BCUT2D eigenvalue weighted by Gasteiger charge is -2.24. The third-order valence-electron chi connectivity index (χ3n) is 5.75. The Balaban J connectivity index is 1.54. The van der Waals surface area contributed by atoms with Crippen LogP contribution in [0.15, 0.2) is 29.3 Å². The molecule has 3 N–H and O–H groups in total. The molecule has 2 aliphatic rings. The van der Waals surface area contributed by atoms with Crippen LogP contribution in [0.3, 0.4) is 0 Å². The van der Waals surface area contributed by atoms with Gasteiger partial charge in [0.1, 0.15) is 0 Å². The number of likely N-dealkylation sites (tertiary alicyclic amines) is 2. The highest BCUT2D eigenvalue weighted by molar-refractivity contribution is 5.89. The third kappa shape index (κ3) is 6.35. The van der Waals surface area contributed by atoms with Gasteiger partial charge in [0.2, 0.25) is 0 Å². The summed E-state index contributed by atoms with van der Waals surface area (Å²) in [5, 5.41) is 9.85. The van der Waals surface area contributed by atoms with Gasteiger partial charge >= 0.3 is 6.03 Å². The summed E-state index contributed by atoms with van der Waals surface area (Å²) in [6.07, 6.45) is 4.72. The largest absolute Gasteiger partial charge is 0.357 e. The van der Waals surface area contributed by atoms with E-state index in [2.05, 4.69) is 34.7 Å². The first-order valence-electron chi connectivity index (χ1n) is 11.1. The summed E-state index contributed by atoms with van der Waals surface area (Å²) >= 11 is 0. The number of guanidine groups is 1. The molecule has 0 saturated carbocycles. The fourth-order valence-corrected chi connectivity index (χ4v) is 4.14. The Kier molecular flexibility index (Phi) is 8.16. The summed E-state index contributed by atoms with van der Waals surface area (Å²) in [7, 11) is 0. The molecule has 2 heterocycles. The molecule has 3 rings (SSSR count). The van der Waals surface area contributed by atoms with Gasteiger partial charge in [-0.25, -0.2) is 9.79 Å². The molecule has 160 valence electrons. The lowest BCUT2D eigenvalue weighted by molar-refractivity contribution is 0.222. The van der Waals surface area contributed by atoms with E-state index in [1.165, 1.54) is 19.4 Å². The van der Waals surface area contributed by atoms with Gasteiger partial charge in [-0.05, 0) is 63.4 Å². The Bertz CT molecular complexity index is 686. The minimum atomic E-state index is -0.00445. The zero-order chi connectivity index (χ0) is 20.5. The van der Waals surface area contributed by atoms with Crippen LogP contribution in [0.4, 0.5) is 10.5 Å². The molecule has 1 atom stereocenters. The lowest BCUT2D eigenvalue weighted by Crippen LogP contribution is -2.44. The first kappa shape index (κ1) is 21.4. The molecule has 2 aliphatic heterocycles. The summed E-state index contributed by atoms with van der Waals surface area (Å²) in [4.78, 5) is 21.5. The molecule has 2 amide bonds. The van der Waals surface area contributed by atoms with E-state index in [4.69, 9.17) is 4.99 Å². The first-order chi connectivity index (χ1) is 14.2. The van der Waals surface area contributed by atoms with Crippen molar-refractivity contribution in [3.63, 3.8) is 0 Å². The van der Waals surface area contributed by atoms with E-state index in [1.807, 2.05) is 29.2 Å². The van der Waals surface area contributed by atoms with Gasteiger partial charge < -0.3 is 20.9 Å². The molecule has 0 spiro atoms. The zero-order valence-electron chi connectivity index (χ0n) is 17.9. The van der Waals surface area contributed by atoms with Gasteiger partial charge in [0, 0.05) is 37.9 Å². The van der Waals surface area contributed by atoms with Crippen molar-refractivity contribution in [2.24, 2.45) is 4.99 Å². The Morgan fingerprint density at radius 1 is 1.14 bits per heavy atom. The van der Waals surface area contributed by atoms with Crippen LogP contribution < -0.4 is 16.0 Å². The van der Waals surface area contributed by atoms with Gasteiger partial charge in [-0.2, -0.15) is 0 Å². The molecular weight excluding hydrogens is 364 g/mol. The SMILES string of the molecule is CCNC(=NCc1cccc(NC(=O)N2CCCC2)c1)NCC1CCCN1CC. The number of carbonyl (C=O) groups is 1. The van der Waals surface area contributed by atoms with Gasteiger partial charge in [0.15, 0.2) is 5.96 Å². The summed E-state index contributed by atoms with van der Waals surface area (Å²) in [6.45, 7) is 10.7. The number of aliphatic imine (C=N–C) groups is 1. The molecule has 1 aromatic carbocycles. The van der Waals surface area contributed by atoms with Gasteiger partial charge in [-0.1, -0.05) is 19.1 Å². The van der Waals surface area contributed by atoms with E-state index in [0.29, 0.717) is 12.6 Å². The van der Waals surface area contributed by atoms with Crippen LogP contribution in [0.5, 0.6) is 0 Å². The smallest absolute Gasteiger partial charge is 0.321 e. The minimum absolute atomic E-state index is 0.00445. The molecule has 2 fully saturated rings. The molecule has 7 heteroatoms. The van der Waals surface area contributed by atoms with Gasteiger partial charge in [0.25, 0.3) is 0 Å². The van der Waals surface area contributed by atoms with Crippen LogP contribution >= 0.6 is 0 Å². The van der Waals surface area contributed by atoms with Gasteiger partial charge in [-0.3, -0.25) is 4.90 Å². The van der Waals surface area contributed by atoms with E-state index in [0.717, 1.165) is 62.8 Å². The van der Waals surface area contributed by atoms with Crippen molar-refractivity contribution in [3.8, 4) is 0 Å². The molecule has 0 bridgehead atoms. The maximum Gasteiger partial charge on any atom is 0.321 e. The second-order valence-electron chi connectivity index (χ2n) is 7.83. The van der Waals surface area contributed by atoms with Crippen LogP contribution in [0.25, 0.3) is 0 Å². The number of carbonyl (C=O) groups excluding carboxylic acids is 1. The number of nitrogens with one attached hydrogen (secondary N) is 3. The number of benzene rings is 1. The van der Waals surface area contributed by atoms with Gasteiger partial charge in [-0.15, -0.1) is 0 Å². The number of hydrogen-bond donors (Lipinski definition) is 3. The number of anilines is 1. The standard InChI is InChI=1S/C22H36N6O/c1-3-23-21(25-17-20-11-8-14-27(20)4-2)24-16-18-9-7-10-19(15-18)26-22(29)28-12-5-6-13-28/h7,9-10,15,20H,3-6,8,11-14,16-17H2,1-2H3,(H,26,29)(H2,23,24,25). The van der Waals surface area contributed by atoms with Crippen molar-refractivity contribution in [1.29, 1.82) is 0 Å². The normalized spacial score (nSPS) is 20.1. The molecule has 1 unspecified atom stereocenters. The molecule has 0 aliphatic carbocycles. The number of urea groups is 1. The highest BCUT2D eigenvalue weighted by Gasteiger charge is 2.22. The average Bonchev–Trinajstić information content (AvgIpc) is 3.42. The van der Waals surface area contributed by atoms with Crippen molar-refractivity contribution >= 4 is 17.7 Å². The van der Waals surface area contributed by atoms with Crippen LogP contribution in [0.1, 0.15) is 45.1 Å². The average molecular weight is 401 g/mol. The van der Waals surface area contributed by atoms with Crippen LogP contribution in [0, 0.1) is 0 Å². The second-order valence-corrected chi connectivity index (χ2v) is 7.83. The van der Waals surface area contributed by atoms with Crippen molar-refractivity contribution in [2.75, 3.05) is 44.6 Å². The van der Waals surface area contributed by atoms with E-state index < -0.39 is 0 Å². The summed E-state index contributed by atoms with van der Waals surface area (Å²) in [5.41, 5.74) is 1.91. The molecule has 7 nitrogen and oxygen atoms in total. The summed E-state index contributed by atoms with van der Waals surface area (Å²) in [6, 6.07) is 8.56. The zero-order valence-corrected chi connectivity index (χ0v) is 17.9. The minimum Gasteiger partial charge on any atom is -0.357 e. The van der Waals surface area contributed by atoms with Crippen molar-refractivity contribution in [1.82, 2.24) is 20.4 Å². The van der Waals surface area contributed by atoms with Crippen LogP contribution in [0.2, 0.25) is 0 Å². The summed E-state index contributed by atoms with van der Waals surface area (Å²) < 4.78 is 0. The fourth-order valence-electron chi connectivity index (χ4n) is 4.14. The Morgan fingerprint density at radius 2 is 1.97 bits per heavy atom. The first-order valence-corrected chi connectivity index (χ1v) is 11.1. The van der Waals surface area contributed by atoms with E-state index >= 15 is 0 Å². The maximum atomic E-state index is 12.3. The van der Waals surface area contributed by atoms with Crippen LogP contribution in [-0.4, -0.2) is 67.1 Å². The molecule has 0 radical (unpaired) electrons. The highest BCUT2D eigenvalue weighted by Crippen LogP contribution is 2.16. The molecule has 2 saturated heterocycles. The van der Waals surface area contributed by atoms with E-state index in [9.17, 15) is 4.79 Å². The Hall–Kier alpha value is -2.28. The maximum absolute atomic E-state index is 12.3. The quantitative estimate of drug-likeness (QED) is 0.486. The highest BCUT2D eigenvalue weighted by atomic mass is 16.2. The number of nitrogens with zero attached hydrogens (tertiary/aromatic N) is 3. The molecule has 0 aromatic heterocycles. The number of rotatable bonds is 7. The predicted molar refractivity (Wildman–Crippen MR) is 119 cm³/mol. The molecule has 29 heavy (non-hydrogen) atoms. The van der Waals surface area contributed by atoms with E-state index in [-0.39, 0.29) is 6.03 Å². The number of hydrogen-bond acceptors (Lipinski definition) is 3. The molecular formula is C22H36N6O. The molecule has 1 aromatic rings. The van der Waals surface area contributed by atoms with Gasteiger partial charge in [0.05, 0.1) is 6.54 Å². The Morgan fingerprint density at radius 3 is 2.72 bits per heavy atom. The fraction of sp³-hybridized carbons (Fsp3) is 0.636. The number of amides is 2. The Labute approximate surface area is 174 Å². The third-order valence-corrected chi connectivity index (χ3v) is 5.75. The number of likely N-dealkylation sites (N-methyl/N-ethyl adjacent to an activating group) is 1. The van der Waals surface area contributed by atoms with Crippen molar-refractivity contribution in [3.05, 3.63) is 29.8 Å². The van der Waals surface area contributed by atoms with Crippen LogP contribution in [-0.2, 0) is 6.54 Å². The predicted octanol–water partition coefficient (Wildman–Crippen LogP) is 2.85. The van der Waals surface area contributed by atoms with E-state index in [1.54, 1.807) is 0 Å².